The minimum Gasteiger partial charge on any atom is -0.455 e. The van der Waals surface area contributed by atoms with E-state index in [9.17, 15) is 33.0 Å². The fourth-order valence-electron chi connectivity index (χ4n) is 7.81. The lowest BCUT2D eigenvalue weighted by molar-refractivity contribution is -0.151. The van der Waals surface area contributed by atoms with E-state index in [1.54, 1.807) is 20.8 Å². The van der Waals surface area contributed by atoms with Crippen molar-refractivity contribution in [2.45, 2.75) is 90.0 Å². The molecule has 1 aromatic carbocycles. The minimum atomic E-state index is -4.52. The highest BCUT2D eigenvalue weighted by atomic mass is 19.4. The number of rotatable bonds is 4. The van der Waals surface area contributed by atoms with Crippen LogP contribution in [0.1, 0.15) is 69.8 Å². The zero-order valence-electron chi connectivity index (χ0n) is 25.5. The lowest BCUT2D eigenvalue weighted by atomic mass is 9.74. The highest BCUT2D eigenvalue weighted by Crippen LogP contribution is 2.63. The molecular weight excluding hydrogens is 577 g/mol. The van der Waals surface area contributed by atoms with Crippen LogP contribution in [-0.2, 0) is 27.0 Å². The molecule has 1 spiro atoms. The van der Waals surface area contributed by atoms with Crippen LogP contribution in [0.3, 0.4) is 0 Å². The fraction of sp³-hybridized carbons (Fsp3) is 0.606. The number of alkyl halides is 3. The van der Waals surface area contributed by atoms with Crippen LogP contribution in [-0.4, -0.2) is 61.8 Å². The molecule has 1 aliphatic heterocycles. The zero-order valence-corrected chi connectivity index (χ0v) is 25.5. The van der Waals surface area contributed by atoms with Crippen molar-refractivity contribution in [3.05, 3.63) is 53.2 Å². The molecule has 1 aromatic heterocycles. The topological polar surface area (TPSA) is 114 Å². The maximum atomic E-state index is 14.0. The third kappa shape index (κ3) is 4.91. The molecule has 4 aliphatic rings. The summed E-state index contributed by atoms with van der Waals surface area (Å²) in [6.45, 7) is 10.2. The standard InChI is InChI=1S/C33H39F3N2O6/c1-6-38-15-21(25(37-38)19-7-9-20(10-8-19)33(34,35)36)29(41)44-28-24-26(39)18(3)14-32(24,42)27(40)17(2)13-23-22(30(23,4)5)11-12-31(28)16-43-31/h7-10,13,15,18,22-24,26,28,39,42H,6,11-12,14,16H2,1-5H3/b17-13+/t18-,22-,23+,24+,26-,28+,31-,32+/m0/s1. The monoisotopic (exact) mass is 616 g/mol. The molecule has 8 atom stereocenters. The summed E-state index contributed by atoms with van der Waals surface area (Å²) < 4.78 is 53.4. The summed E-state index contributed by atoms with van der Waals surface area (Å²) in [5, 5.41) is 28.0. The second-order valence-corrected chi connectivity index (χ2v) is 13.8. The number of halogens is 3. The smallest absolute Gasteiger partial charge is 0.416 e. The summed E-state index contributed by atoms with van der Waals surface area (Å²) in [5.74, 6) is -2.51. The average Bonchev–Trinajstić information content (AvgIpc) is 3.74. The van der Waals surface area contributed by atoms with Gasteiger partial charge in [-0.05, 0) is 74.0 Å². The van der Waals surface area contributed by atoms with Gasteiger partial charge in [0, 0.05) is 18.3 Å². The van der Waals surface area contributed by atoms with E-state index in [1.807, 2.05) is 6.08 Å². The number of ketones is 1. The number of aryl methyl sites for hydroxylation is 1. The highest BCUT2D eigenvalue weighted by molar-refractivity contribution is 6.02. The van der Waals surface area contributed by atoms with Crippen molar-refractivity contribution < 1.29 is 42.4 Å². The predicted molar refractivity (Wildman–Crippen MR) is 153 cm³/mol. The molecule has 11 heteroatoms. The highest BCUT2D eigenvalue weighted by Gasteiger charge is 2.68. The van der Waals surface area contributed by atoms with E-state index in [2.05, 4.69) is 18.9 Å². The summed E-state index contributed by atoms with van der Waals surface area (Å²) in [5.41, 5.74) is -3.00. The van der Waals surface area contributed by atoms with Gasteiger partial charge in [0.25, 0.3) is 0 Å². The molecule has 0 radical (unpaired) electrons. The zero-order chi connectivity index (χ0) is 32.0. The number of carbonyl (C=O) groups excluding carboxylic acids is 2. The predicted octanol–water partition coefficient (Wildman–Crippen LogP) is 5.21. The van der Waals surface area contributed by atoms with Crippen LogP contribution in [0.4, 0.5) is 13.2 Å². The number of hydrogen-bond acceptors (Lipinski definition) is 7. The van der Waals surface area contributed by atoms with Crippen molar-refractivity contribution >= 4 is 11.8 Å². The van der Waals surface area contributed by atoms with Gasteiger partial charge in [-0.25, -0.2) is 4.79 Å². The van der Waals surface area contributed by atoms with E-state index in [0.717, 1.165) is 18.6 Å². The molecule has 2 heterocycles. The Morgan fingerprint density at radius 2 is 1.89 bits per heavy atom. The number of epoxide rings is 1. The number of aromatic nitrogens is 2. The Morgan fingerprint density at radius 1 is 1.23 bits per heavy atom. The van der Waals surface area contributed by atoms with Gasteiger partial charge in [-0.1, -0.05) is 39.0 Å². The molecule has 2 aromatic rings. The van der Waals surface area contributed by atoms with Gasteiger partial charge in [-0.2, -0.15) is 18.3 Å². The molecule has 0 amide bonds. The van der Waals surface area contributed by atoms with Gasteiger partial charge in [0.05, 0.1) is 24.2 Å². The number of hydrogen-bond donors (Lipinski definition) is 2. The van der Waals surface area contributed by atoms with E-state index in [-0.39, 0.29) is 41.5 Å². The van der Waals surface area contributed by atoms with Crippen LogP contribution in [0.15, 0.2) is 42.1 Å². The minimum absolute atomic E-state index is 0.00492. The van der Waals surface area contributed by atoms with Crippen LogP contribution in [0.25, 0.3) is 11.3 Å². The first-order valence-corrected chi connectivity index (χ1v) is 15.3. The van der Waals surface area contributed by atoms with E-state index >= 15 is 0 Å². The molecule has 238 valence electrons. The fourth-order valence-corrected chi connectivity index (χ4v) is 7.81. The van der Waals surface area contributed by atoms with Gasteiger partial charge in [0.1, 0.15) is 28.6 Å². The molecule has 3 fully saturated rings. The molecule has 6 rings (SSSR count). The van der Waals surface area contributed by atoms with Crippen LogP contribution >= 0.6 is 0 Å². The first-order valence-electron chi connectivity index (χ1n) is 15.3. The molecule has 1 saturated heterocycles. The van der Waals surface area contributed by atoms with E-state index in [0.29, 0.717) is 24.1 Å². The van der Waals surface area contributed by atoms with Gasteiger partial charge in [-0.3, -0.25) is 9.48 Å². The third-order valence-corrected chi connectivity index (χ3v) is 10.7. The van der Waals surface area contributed by atoms with Crippen molar-refractivity contribution in [3.63, 3.8) is 0 Å². The van der Waals surface area contributed by atoms with Crippen LogP contribution in [0.2, 0.25) is 0 Å². The Morgan fingerprint density at radius 3 is 2.48 bits per heavy atom. The second kappa shape index (κ2) is 10.3. The summed E-state index contributed by atoms with van der Waals surface area (Å²) >= 11 is 0. The Labute approximate surface area is 254 Å². The molecule has 2 N–H and O–H groups in total. The quantitative estimate of drug-likeness (QED) is 0.358. The number of allylic oxidation sites excluding steroid dienone is 1. The molecule has 3 aliphatic carbocycles. The van der Waals surface area contributed by atoms with Gasteiger partial charge < -0.3 is 19.7 Å². The molecular formula is C33H39F3N2O6. The van der Waals surface area contributed by atoms with Crippen molar-refractivity contribution in [3.8, 4) is 11.3 Å². The number of benzene rings is 1. The summed E-state index contributed by atoms with van der Waals surface area (Å²) in [6, 6.07) is 4.36. The molecule has 44 heavy (non-hydrogen) atoms. The van der Waals surface area contributed by atoms with Crippen molar-refractivity contribution in [1.82, 2.24) is 9.78 Å². The van der Waals surface area contributed by atoms with Crippen LogP contribution in [0.5, 0.6) is 0 Å². The Balaban J connectivity index is 1.40. The molecule has 0 bridgehead atoms. The number of aliphatic hydroxyl groups is 2. The van der Waals surface area contributed by atoms with E-state index < -0.39 is 58.7 Å². The van der Waals surface area contributed by atoms with Crippen molar-refractivity contribution in [1.29, 1.82) is 0 Å². The van der Waals surface area contributed by atoms with E-state index in [4.69, 9.17) is 9.47 Å². The summed E-state index contributed by atoms with van der Waals surface area (Å²) in [7, 11) is 0. The number of esters is 1. The summed E-state index contributed by atoms with van der Waals surface area (Å²) in [4.78, 5) is 28.0. The number of aliphatic hydroxyl groups excluding tert-OH is 1. The number of nitrogens with zero attached hydrogens (tertiary/aromatic N) is 2. The maximum absolute atomic E-state index is 14.0. The Kier molecular flexibility index (Phi) is 7.22. The molecule has 8 nitrogen and oxygen atoms in total. The lowest BCUT2D eigenvalue weighted by Gasteiger charge is -2.38. The van der Waals surface area contributed by atoms with E-state index in [1.165, 1.54) is 23.0 Å². The maximum Gasteiger partial charge on any atom is 0.416 e. The normalized spacial score (nSPS) is 37.4. The SMILES string of the molecule is CCn1cc(C(=O)O[C@@H]2[C@H]3[C@@H](O)[C@@H](C)C[C@]3(O)C(=O)/C(C)=C/[C@@H]3[C@H](CC[C@]24CO4)C3(C)C)c(-c2ccc(C(F)(F)F)cc2)n1. The number of carbonyl (C=O) groups is 2. The Hall–Kier alpha value is -3.02. The number of fused-ring (bicyclic) bond motifs is 2. The van der Waals surface area contributed by atoms with Gasteiger partial charge in [-0.15, -0.1) is 0 Å². The third-order valence-electron chi connectivity index (χ3n) is 10.7. The van der Waals surface area contributed by atoms with Crippen LogP contribution in [0, 0.1) is 29.1 Å². The lowest BCUT2D eigenvalue weighted by Crippen LogP contribution is -2.56. The average molecular weight is 617 g/mol. The number of Topliss-reactive ketones (excluding diaryl/α,β-unsaturated/α-hetero) is 1. The summed E-state index contributed by atoms with van der Waals surface area (Å²) in [6.07, 6.45) is -2.19. The van der Waals surface area contributed by atoms with Gasteiger partial charge in [0.15, 0.2) is 5.78 Å². The molecule has 2 saturated carbocycles. The van der Waals surface area contributed by atoms with Crippen molar-refractivity contribution in [2.24, 2.45) is 29.1 Å². The number of ether oxygens (including phenoxy) is 2. The Bertz CT molecular complexity index is 1510. The van der Waals surface area contributed by atoms with Crippen LogP contribution < -0.4 is 0 Å². The van der Waals surface area contributed by atoms with Gasteiger partial charge in [0.2, 0.25) is 0 Å². The second-order valence-electron chi connectivity index (χ2n) is 13.8. The van der Waals surface area contributed by atoms with Gasteiger partial charge >= 0.3 is 12.1 Å². The largest absolute Gasteiger partial charge is 0.455 e. The first-order chi connectivity index (χ1) is 20.5. The molecule has 0 unspecified atom stereocenters. The van der Waals surface area contributed by atoms with Crippen molar-refractivity contribution in [2.75, 3.05) is 6.61 Å². The first kappa shape index (κ1) is 31.0.